The summed E-state index contributed by atoms with van der Waals surface area (Å²) in [7, 11) is 0. The minimum absolute atomic E-state index is 0.0836. The molecule has 0 aromatic rings. The Morgan fingerprint density at radius 3 is 0.808 bits per heavy atom. The zero-order valence-electron chi connectivity index (χ0n) is 48.4. The Bertz CT molecular complexity index is 1360. The molecule has 0 saturated carbocycles. The van der Waals surface area contributed by atoms with Crippen LogP contribution >= 0.6 is 0 Å². The standard InChI is InChI=1S/C67H118O6/c1-4-7-10-13-16-19-22-25-28-31-33-36-39-42-45-48-51-54-57-60-66(69)72-63-64(62-71-65(68)59-56-53-50-47-44-41-38-35-30-27-24-21-18-15-12-9-6-3)73-67(70)61-58-55-52-49-46-43-40-37-34-32-29-26-23-20-17-14-11-8-5-2/h16,18-19,21,25-30,33,36,64H,4-15,17,20,22-24,31-32,34-35,37-63H2,1-3H3/b19-16-,21-18-,28-25-,29-26-,30-27-,36-33-. The number of unbranched alkanes of at least 4 members (excludes halogenated alkanes) is 34. The van der Waals surface area contributed by atoms with Crippen LogP contribution < -0.4 is 0 Å². The molecule has 1 unspecified atom stereocenters. The molecule has 0 spiro atoms. The zero-order valence-corrected chi connectivity index (χ0v) is 48.4. The molecule has 0 aliphatic carbocycles. The second-order valence-electron chi connectivity index (χ2n) is 21.0. The number of esters is 3. The van der Waals surface area contributed by atoms with Crippen LogP contribution in [-0.2, 0) is 28.6 Å². The van der Waals surface area contributed by atoms with E-state index in [0.29, 0.717) is 19.3 Å². The van der Waals surface area contributed by atoms with Crippen molar-refractivity contribution < 1.29 is 28.6 Å². The van der Waals surface area contributed by atoms with Crippen molar-refractivity contribution in [1.29, 1.82) is 0 Å². The normalized spacial score (nSPS) is 12.5. The molecular formula is C67H118O6. The molecule has 0 bridgehead atoms. The first-order valence-electron chi connectivity index (χ1n) is 31.4. The van der Waals surface area contributed by atoms with Gasteiger partial charge in [0.25, 0.3) is 0 Å². The van der Waals surface area contributed by atoms with Crippen molar-refractivity contribution in [1.82, 2.24) is 0 Å². The molecular weight excluding hydrogens is 901 g/mol. The van der Waals surface area contributed by atoms with Gasteiger partial charge >= 0.3 is 17.9 Å². The van der Waals surface area contributed by atoms with Gasteiger partial charge in [0.15, 0.2) is 6.10 Å². The van der Waals surface area contributed by atoms with Gasteiger partial charge in [-0.25, -0.2) is 0 Å². The highest BCUT2D eigenvalue weighted by atomic mass is 16.6. The fraction of sp³-hybridized carbons (Fsp3) is 0.776. The van der Waals surface area contributed by atoms with E-state index in [4.69, 9.17) is 14.2 Å². The molecule has 0 rings (SSSR count). The SMILES string of the molecule is CCCCC/C=C\C/C=C\C/C=C\CCCCCCCCC(=O)OCC(COC(=O)CCCCCCCCC/C=C\C/C=C\CCCCC)OC(=O)CCCCCCCCCCC/C=C\CCCCCCCC. The van der Waals surface area contributed by atoms with Gasteiger partial charge in [-0.3, -0.25) is 14.4 Å². The lowest BCUT2D eigenvalue weighted by Gasteiger charge is -2.18. The molecule has 0 fully saturated rings. The molecule has 0 N–H and O–H groups in total. The number of ether oxygens (including phenoxy) is 3. The molecule has 422 valence electrons. The van der Waals surface area contributed by atoms with E-state index in [1.54, 1.807) is 0 Å². The van der Waals surface area contributed by atoms with E-state index < -0.39 is 6.10 Å². The van der Waals surface area contributed by atoms with Crippen molar-refractivity contribution in [2.24, 2.45) is 0 Å². The average Bonchev–Trinajstić information content (AvgIpc) is 3.39. The summed E-state index contributed by atoms with van der Waals surface area (Å²) >= 11 is 0. The van der Waals surface area contributed by atoms with E-state index in [-0.39, 0.29) is 31.1 Å². The smallest absolute Gasteiger partial charge is 0.306 e. The van der Waals surface area contributed by atoms with Crippen LogP contribution in [0, 0.1) is 0 Å². The third-order valence-corrected chi connectivity index (χ3v) is 13.7. The maximum atomic E-state index is 12.9. The zero-order chi connectivity index (χ0) is 52.9. The van der Waals surface area contributed by atoms with Gasteiger partial charge in [-0.15, -0.1) is 0 Å². The summed E-state index contributed by atoms with van der Waals surface area (Å²) in [6, 6.07) is 0. The van der Waals surface area contributed by atoms with E-state index in [9.17, 15) is 14.4 Å². The lowest BCUT2D eigenvalue weighted by Crippen LogP contribution is -2.30. The van der Waals surface area contributed by atoms with E-state index >= 15 is 0 Å². The molecule has 1 atom stereocenters. The van der Waals surface area contributed by atoms with E-state index in [2.05, 4.69) is 93.7 Å². The molecule has 73 heavy (non-hydrogen) atoms. The quantitative estimate of drug-likeness (QED) is 0.0261. The van der Waals surface area contributed by atoms with Gasteiger partial charge in [-0.05, 0) is 116 Å². The average molecular weight is 1020 g/mol. The Balaban J connectivity index is 4.41. The highest BCUT2D eigenvalue weighted by molar-refractivity contribution is 5.71. The van der Waals surface area contributed by atoms with Crippen molar-refractivity contribution in [3.8, 4) is 0 Å². The molecule has 0 heterocycles. The lowest BCUT2D eigenvalue weighted by atomic mass is 10.1. The molecule has 0 aromatic carbocycles. The van der Waals surface area contributed by atoms with Crippen LogP contribution in [0.1, 0.15) is 316 Å². The molecule has 6 nitrogen and oxygen atoms in total. The molecule has 6 heteroatoms. The van der Waals surface area contributed by atoms with Gasteiger partial charge in [0.2, 0.25) is 0 Å². The van der Waals surface area contributed by atoms with Crippen molar-refractivity contribution in [2.75, 3.05) is 13.2 Å². The number of rotatable bonds is 57. The van der Waals surface area contributed by atoms with Crippen molar-refractivity contribution in [3.05, 3.63) is 72.9 Å². The third-order valence-electron chi connectivity index (χ3n) is 13.7. The van der Waals surface area contributed by atoms with Gasteiger partial charge < -0.3 is 14.2 Å². The maximum absolute atomic E-state index is 12.9. The highest BCUT2D eigenvalue weighted by Crippen LogP contribution is 2.16. The Morgan fingerprint density at radius 2 is 0.493 bits per heavy atom. The van der Waals surface area contributed by atoms with Crippen LogP contribution in [0.15, 0.2) is 72.9 Å². The van der Waals surface area contributed by atoms with Gasteiger partial charge in [-0.2, -0.15) is 0 Å². The molecule has 0 radical (unpaired) electrons. The van der Waals surface area contributed by atoms with Crippen LogP contribution in [0.5, 0.6) is 0 Å². The fourth-order valence-corrected chi connectivity index (χ4v) is 8.89. The summed E-state index contributed by atoms with van der Waals surface area (Å²) in [5.41, 5.74) is 0. The van der Waals surface area contributed by atoms with Gasteiger partial charge in [0.05, 0.1) is 0 Å². The summed E-state index contributed by atoms with van der Waals surface area (Å²) in [5.74, 6) is -0.892. The Hall–Kier alpha value is -3.15. The van der Waals surface area contributed by atoms with Gasteiger partial charge in [0, 0.05) is 19.3 Å². The van der Waals surface area contributed by atoms with Crippen molar-refractivity contribution >= 4 is 17.9 Å². The minimum atomic E-state index is -0.787. The molecule has 0 amide bonds. The fourth-order valence-electron chi connectivity index (χ4n) is 8.89. The first-order chi connectivity index (χ1) is 36.0. The lowest BCUT2D eigenvalue weighted by molar-refractivity contribution is -0.167. The van der Waals surface area contributed by atoms with Gasteiger partial charge in [-0.1, -0.05) is 254 Å². The number of hydrogen-bond acceptors (Lipinski definition) is 6. The predicted octanol–water partition coefficient (Wildman–Crippen LogP) is 21.3. The van der Waals surface area contributed by atoms with Crippen LogP contribution in [0.3, 0.4) is 0 Å². The van der Waals surface area contributed by atoms with Crippen LogP contribution in [-0.4, -0.2) is 37.2 Å². The topological polar surface area (TPSA) is 78.9 Å². The maximum Gasteiger partial charge on any atom is 0.306 e. The second-order valence-corrected chi connectivity index (χ2v) is 21.0. The second kappa shape index (κ2) is 61.4. The summed E-state index contributed by atoms with van der Waals surface area (Å²) < 4.78 is 16.9. The Morgan fingerprint density at radius 1 is 0.274 bits per heavy atom. The van der Waals surface area contributed by atoms with Crippen LogP contribution in [0.2, 0.25) is 0 Å². The van der Waals surface area contributed by atoms with E-state index in [0.717, 1.165) is 89.9 Å². The summed E-state index contributed by atoms with van der Waals surface area (Å²) in [6.45, 7) is 6.60. The Kier molecular flexibility index (Phi) is 58.7. The van der Waals surface area contributed by atoms with E-state index in [1.165, 1.54) is 186 Å². The number of carbonyl (C=O) groups excluding carboxylic acids is 3. The predicted molar refractivity (Wildman–Crippen MR) is 316 cm³/mol. The summed E-state index contributed by atoms with van der Waals surface area (Å²) in [4.78, 5) is 38.3. The van der Waals surface area contributed by atoms with Crippen molar-refractivity contribution in [3.63, 3.8) is 0 Å². The third kappa shape index (κ3) is 59.6. The Labute approximate surface area is 453 Å². The first kappa shape index (κ1) is 69.8. The number of carbonyl (C=O) groups is 3. The summed E-state index contributed by atoms with van der Waals surface area (Å²) in [5, 5.41) is 0. The molecule has 0 aliphatic rings. The minimum Gasteiger partial charge on any atom is -0.462 e. The number of allylic oxidation sites excluding steroid dienone is 12. The largest absolute Gasteiger partial charge is 0.462 e. The summed E-state index contributed by atoms with van der Waals surface area (Å²) in [6.07, 6.45) is 78.9. The van der Waals surface area contributed by atoms with Crippen LogP contribution in [0.25, 0.3) is 0 Å². The first-order valence-corrected chi connectivity index (χ1v) is 31.4. The molecule has 0 aliphatic heterocycles. The number of hydrogen-bond donors (Lipinski definition) is 0. The van der Waals surface area contributed by atoms with Crippen molar-refractivity contribution in [2.45, 2.75) is 322 Å². The van der Waals surface area contributed by atoms with Crippen LogP contribution in [0.4, 0.5) is 0 Å². The monoisotopic (exact) mass is 1020 g/mol. The molecule has 0 aromatic heterocycles. The van der Waals surface area contributed by atoms with Gasteiger partial charge in [0.1, 0.15) is 13.2 Å². The molecule has 0 saturated heterocycles. The van der Waals surface area contributed by atoms with E-state index in [1.807, 2.05) is 0 Å². The highest BCUT2D eigenvalue weighted by Gasteiger charge is 2.19.